The molecular formula is C8H7F2NO3. The van der Waals surface area contributed by atoms with E-state index in [4.69, 9.17) is 5.11 Å². The van der Waals surface area contributed by atoms with E-state index in [1.54, 1.807) is 0 Å². The van der Waals surface area contributed by atoms with E-state index >= 15 is 0 Å². The van der Waals surface area contributed by atoms with Crippen LogP contribution in [0.1, 0.15) is 11.7 Å². The Kier molecular flexibility index (Phi) is 3.08. The van der Waals surface area contributed by atoms with Crippen LogP contribution in [0, 0.1) is 15.9 Å². The van der Waals surface area contributed by atoms with Gasteiger partial charge in [0, 0.05) is 6.07 Å². The first-order valence-corrected chi connectivity index (χ1v) is 3.74. The summed E-state index contributed by atoms with van der Waals surface area (Å²) < 4.78 is 25.1. The Morgan fingerprint density at radius 3 is 2.71 bits per heavy atom. The number of aliphatic hydroxyl groups is 1. The highest BCUT2D eigenvalue weighted by Gasteiger charge is 2.24. The van der Waals surface area contributed by atoms with Gasteiger partial charge in [-0.05, 0) is 6.07 Å². The number of rotatable bonds is 3. The van der Waals surface area contributed by atoms with Crippen LogP contribution in [0.15, 0.2) is 18.2 Å². The third-order valence-electron chi connectivity index (χ3n) is 1.71. The Hall–Kier alpha value is -1.56. The van der Waals surface area contributed by atoms with Gasteiger partial charge in [-0.25, -0.2) is 8.78 Å². The summed E-state index contributed by atoms with van der Waals surface area (Å²) in [6, 6.07) is 3.07. The molecule has 1 rings (SSSR count). The van der Waals surface area contributed by atoms with Gasteiger partial charge < -0.3 is 5.11 Å². The van der Waals surface area contributed by atoms with Gasteiger partial charge in [-0.1, -0.05) is 6.07 Å². The van der Waals surface area contributed by atoms with Gasteiger partial charge in [-0.15, -0.1) is 0 Å². The van der Waals surface area contributed by atoms with E-state index < -0.39 is 34.8 Å². The van der Waals surface area contributed by atoms with Gasteiger partial charge in [0.1, 0.15) is 18.6 Å². The maximum absolute atomic E-state index is 13.0. The highest BCUT2D eigenvalue weighted by atomic mass is 19.1. The van der Waals surface area contributed by atoms with Gasteiger partial charge in [0.25, 0.3) is 5.69 Å². The van der Waals surface area contributed by atoms with Crippen molar-refractivity contribution >= 4 is 5.69 Å². The van der Waals surface area contributed by atoms with Crippen LogP contribution >= 0.6 is 0 Å². The molecule has 0 saturated heterocycles. The van der Waals surface area contributed by atoms with Crippen molar-refractivity contribution in [1.82, 2.24) is 0 Å². The zero-order valence-corrected chi connectivity index (χ0v) is 6.98. The monoisotopic (exact) mass is 203 g/mol. The minimum atomic E-state index is -1.79. The molecule has 0 saturated carbocycles. The molecule has 1 atom stereocenters. The molecule has 0 amide bonds. The van der Waals surface area contributed by atoms with Crippen LogP contribution < -0.4 is 0 Å². The van der Waals surface area contributed by atoms with Crippen LogP contribution in [-0.2, 0) is 0 Å². The van der Waals surface area contributed by atoms with Crippen molar-refractivity contribution in [2.24, 2.45) is 0 Å². The Labute approximate surface area is 77.9 Å². The van der Waals surface area contributed by atoms with Gasteiger partial charge >= 0.3 is 0 Å². The van der Waals surface area contributed by atoms with Crippen molar-refractivity contribution in [1.29, 1.82) is 0 Å². The number of nitro benzene ring substituents is 1. The van der Waals surface area contributed by atoms with Gasteiger partial charge in [0.15, 0.2) is 0 Å². The standard InChI is InChI=1S/C8H7F2NO3/c9-4-7(12)8-5(10)2-1-3-6(8)11(13)14/h1-3,7,12H,4H2. The maximum Gasteiger partial charge on any atom is 0.278 e. The fourth-order valence-electron chi connectivity index (χ4n) is 1.09. The van der Waals surface area contributed by atoms with Gasteiger partial charge in [0.2, 0.25) is 0 Å². The van der Waals surface area contributed by atoms with Gasteiger partial charge in [-0.3, -0.25) is 10.1 Å². The molecule has 0 aromatic heterocycles. The van der Waals surface area contributed by atoms with Crippen LogP contribution in [0.4, 0.5) is 14.5 Å². The fraction of sp³-hybridized carbons (Fsp3) is 0.250. The number of hydrogen-bond donors (Lipinski definition) is 1. The molecule has 1 aromatic carbocycles. The largest absolute Gasteiger partial charge is 0.385 e. The van der Waals surface area contributed by atoms with Crippen molar-refractivity contribution in [2.45, 2.75) is 6.10 Å². The van der Waals surface area contributed by atoms with E-state index in [2.05, 4.69) is 0 Å². The highest BCUT2D eigenvalue weighted by molar-refractivity contribution is 5.42. The van der Waals surface area contributed by atoms with E-state index in [0.29, 0.717) is 0 Å². The predicted molar refractivity (Wildman–Crippen MR) is 44.0 cm³/mol. The molecule has 1 unspecified atom stereocenters. The van der Waals surface area contributed by atoms with Crippen LogP contribution in [0.5, 0.6) is 0 Å². The third kappa shape index (κ3) is 1.85. The van der Waals surface area contributed by atoms with Crippen molar-refractivity contribution in [3.05, 3.63) is 39.7 Å². The Balaban J connectivity index is 3.29. The van der Waals surface area contributed by atoms with Gasteiger partial charge in [-0.2, -0.15) is 0 Å². The molecule has 14 heavy (non-hydrogen) atoms. The number of nitro groups is 1. The molecule has 0 radical (unpaired) electrons. The lowest BCUT2D eigenvalue weighted by molar-refractivity contribution is -0.386. The smallest absolute Gasteiger partial charge is 0.278 e. The van der Waals surface area contributed by atoms with Crippen molar-refractivity contribution < 1.29 is 18.8 Å². The average molecular weight is 203 g/mol. The minimum absolute atomic E-state index is 0.611. The number of hydrogen-bond acceptors (Lipinski definition) is 3. The van der Waals surface area contributed by atoms with Crippen molar-refractivity contribution in [3.8, 4) is 0 Å². The molecule has 0 fully saturated rings. The second kappa shape index (κ2) is 4.10. The second-order valence-corrected chi connectivity index (χ2v) is 2.60. The predicted octanol–water partition coefficient (Wildman–Crippen LogP) is 1.74. The first kappa shape index (κ1) is 10.5. The molecule has 4 nitrogen and oxygen atoms in total. The zero-order valence-electron chi connectivity index (χ0n) is 6.98. The summed E-state index contributed by atoms with van der Waals surface area (Å²) in [6.45, 7) is -1.26. The summed E-state index contributed by atoms with van der Waals surface area (Å²) in [5.41, 5.74) is -1.23. The summed E-state index contributed by atoms with van der Waals surface area (Å²) in [5, 5.41) is 19.4. The quantitative estimate of drug-likeness (QED) is 0.601. The summed E-state index contributed by atoms with van der Waals surface area (Å²) in [4.78, 5) is 9.54. The Morgan fingerprint density at radius 1 is 1.57 bits per heavy atom. The molecule has 1 aromatic rings. The summed E-state index contributed by atoms with van der Waals surface area (Å²) in [6.07, 6.45) is -1.79. The number of benzene rings is 1. The molecule has 0 bridgehead atoms. The highest BCUT2D eigenvalue weighted by Crippen LogP contribution is 2.27. The normalized spacial score (nSPS) is 12.5. The van der Waals surface area contributed by atoms with Crippen LogP contribution in [-0.4, -0.2) is 16.7 Å². The minimum Gasteiger partial charge on any atom is -0.385 e. The lowest BCUT2D eigenvalue weighted by Gasteiger charge is -2.07. The Morgan fingerprint density at radius 2 is 2.21 bits per heavy atom. The fourth-order valence-corrected chi connectivity index (χ4v) is 1.09. The average Bonchev–Trinajstić information content (AvgIpc) is 2.16. The van der Waals surface area contributed by atoms with Gasteiger partial charge in [0.05, 0.1) is 10.5 Å². The first-order valence-electron chi connectivity index (χ1n) is 3.74. The van der Waals surface area contributed by atoms with E-state index in [1.807, 2.05) is 0 Å². The first-order chi connectivity index (χ1) is 6.57. The number of aliphatic hydroxyl groups excluding tert-OH is 1. The van der Waals surface area contributed by atoms with E-state index in [1.165, 1.54) is 0 Å². The molecule has 0 aliphatic heterocycles. The molecular weight excluding hydrogens is 196 g/mol. The maximum atomic E-state index is 13.0. The Bertz CT molecular complexity index is 356. The molecule has 1 N–H and O–H groups in total. The molecule has 0 spiro atoms. The van der Waals surface area contributed by atoms with Crippen molar-refractivity contribution in [2.75, 3.05) is 6.67 Å². The van der Waals surface area contributed by atoms with Crippen molar-refractivity contribution in [3.63, 3.8) is 0 Å². The molecule has 76 valence electrons. The van der Waals surface area contributed by atoms with E-state index in [9.17, 15) is 18.9 Å². The van der Waals surface area contributed by atoms with Crippen LogP contribution in [0.3, 0.4) is 0 Å². The molecule has 6 heteroatoms. The number of nitrogens with zero attached hydrogens (tertiary/aromatic N) is 1. The molecule has 0 aliphatic carbocycles. The number of alkyl halides is 1. The van der Waals surface area contributed by atoms with E-state index in [-0.39, 0.29) is 0 Å². The second-order valence-electron chi connectivity index (χ2n) is 2.60. The van der Waals surface area contributed by atoms with Crippen LogP contribution in [0.25, 0.3) is 0 Å². The zero-order chi connectivity index (χ0) is 10.7. The SMILES string of the molecule is O=[N+]([O-])c1cccc(F)c1C(O)CF. The molecule has 0 heterocycles. The topological polar surface area (TPSA) is 63.4 Å². The lowest BCUT2D eigenvalue weighted by atomic mass is 10.1. The third-order valence-corrected chi connectivity index (χ3v) is 1.71. The summed E-state index contributed by atoms with van der Waals surface area (Å²) >= 11 is 0. The molecule has 0 aliphatic rings. The summed E-state index contributed by atoms with van der Waals surface area (Å²) in [7, 11) is 0. The van der Waals surface area contributed by atoms with Crippen LogP contribution in [0.2, 0.25) is 0 Å². The van der Waals surface area contributed by atoms with E-state index in [0.717, 1.165) is 18.2 Å². The summed E-state index contributed by atoms with van der Waals surface area (Å²) in [5.74, 6) is -0.982. The number of halogens is 2. The lowest BCUT2D eigenvalue weighted by Crippen LogP contribution is -2.06.